The highest BCUT2D eigenvalue weighted by Crippen LogP contribution is 2.24. The van der Waals surface area contributed by atoms with Gasteiger partial charge in [-0.2, -0.15) is 0 Å². The van der Waals surface area contributed by atoms with Gasteiger partial charge in [0.2, 0.25) is 0 Å². The fourth-order valence-corrected chi connectivity index (χ4v) is 2.11. The van der Waals surface area contributed by atoms with Crippen molar-refractivity contribution in [2.45, 2.75) is 46.1 Å². The van der Waals surface area contributed by atoms with Gasteiger partial charge in [0.15, 0.2) is 0 Å². The zero-order valence-electron chi connectivity index (χ0n) is 13.0. The summed E-state index contributed by atoms with van der Waals surface area (Å²) in [6, 6.07) is 5.40. The lowest BCUT2D eigenvalue weighted by atomic mass is 10.1. The molecule has 1 rings (SSSR count). The summed E-state index contributed by atoms with van der Waals surface area (Å²) in [7, 11) is 1.56. The molecule has 0 spiro atoms. The Kier molecular flexibility index (Phi) is 6.36. The van der Waals surface area contributed by atoms with Crippen LogP contribution in [0.25, 0.3) is 0 Å². The number of benzene rings is 1. The van der Waals surface area contributed by atoms with E-state index < -0.39 is 0 Å². The summed E-state index contributed by atoms with van der Waals surface area (Å²) in [4.78, 5) is 14.7. The third-order valence-electron chi connectivity index (χ3n) is 3.59. The van der Waals surface area contributed by atoms with Crippen molar-refractivity contribution in [1.82, 2.24) is 4.90 Å². The Morgan fingerprint density at radius 2 is 2.10 bits per heavy atom. The van der Waals surface area contributed by atoms with E-state index in [-0.39, 0.29) is 11.9 Å². The summed E-state index contributed by atoms with van der Waals surface area (Å²) in [6.45, 7) is 7.08. The van der Waals surface area contributed by atoms with Crippen LogP contribution in [0.2, 0.25) is 0 Å². The SMILES string of the molecule is CCCCN(C(=O)c1ccc(N)cc1OC)C(C)CC. The van der Waals surface area contributed by atoms with Gasteiger partial charge in [-0.3, -0.25) is 4.79 Å². The van der Waals surface area contributed by atoms with Crippen LogP contribution in [0.3, 0.4) is 0 Å². The molecule has 20 heavy (non-hydrogen) atoms. The van der Waals surface area contributed by atoms with Crippen LogP contribution in [0.5, 0.6) is 5.75 Å². The number of nitrogen functional groups attached to an aromatic ring is 1. The van der Waals surface area contributed by atoms with Crippen LogP contribution < -0.4 is 10.5 Å². The van der Waals surface area contributed by atoms with E-state index in [0.29, 0.717) is 17.0 Å². The van der Waals surface area contributed by atoms with Crippen molar-refractivity contribution in [3.05, 3.63) is 23.8 Å². The summed E-state index contributed by atoms with van der Waals surface area (Å²) in [6.07, 6.45) is 3.01. The minimum absolute atomic E-state index is 0.0182. The van der Waals surface area contributed by atoms with Crippen LogP contribution in [0.15, 0.2) is 18.2 Å². The minimum Gasteiger partial charge on any atom is -0.496 e. The third kappa shape index (κ3) is 3.89. The molecule has 1 aromatic carbocycles. The number of carbonyl (C=O) groups excluding carboxylic acids is 1. The molecule has 0 aliphatic carbocycles. The van der Waals surface area contributed by atoms with Crippen LogP contribution in [0.4, 0.5) is 5.69 Å². The first kappa shape index (κ1) is 16.3. The molecule has 4 heteroatoms. The molecule has 0 heterocycles. The van der Waals surface area contributed by atoms with Crippen molar-refractivity contribution < 1.29 is 9.53 Å². The van der Waals surface area contributed by atoms with E-state index >= 15 is 0 Å². The van der Waals surface area contributed by atoms with Gasteiger partial charge in [-0.1, -0.05) is 20.3 Å². The maximum absolute atomic E-state index is 12.7. The average molecular weight is 278 g/mol. The lowest BCUT2D eigenvalue weighted by molar-refractivity contribution is 0.0682. The molecular formula is C16H26N2O2. The van der Waals surface area contributed by atoms with E-state index in [1.165, 1.54) is 0 Å². The number of methoxy groups -OCH3 is 1. The Balaban J connectivity index is 3.04. The Morgan fingerprint density at radius 1 is 1.40 bits per heavy atom. The standard InChI is InChI=1S/C16H26N2O2/c1-5-7-10-18(12(3)6-2)16(19)14-9-8-13(17)11-15(14)20-4/h8-9,11-12H,5-7,10,17H2,1-4H3. The molecule has 4 nitrogen and oxygen atoms in total. The van der Waals surface area contributed by atoms with Gasteiger partial charge in [-0.15, -0.1) is 0 Å². The third-order valence-corrected chi connectivity index (χ3v) is 3.59. The second kappa shape index (κ2) is 7.78. The Labute approximate surface area is 121 Å². The number of nitrogens with two attached hydrogens (primary N) is 1. The second-order valence-corrected chi connectivity index (χ2v) is 5.07. The van der Waals surface area contributed by atoms with Gasteiger partial charge in [0.05, 0.1) is 12.7 Å². The predicted octanol–water partition coefficient (Wildman–Crippen LogP) is 3.32. The first-order valence-corrected chi connectivity index (χ1v) is 7.29. The highest BCUT2D eigenvalue weighted by molar-refractivity contribution is 5.97. The van der Waals surface area contributed by atoms with Gasteiger partial charge >= 0.3 is 0 Å². The molecule has 0 aliphatic heterocycles. The molecule has 0 bridgehead atoms. The zero-order chi connectivity index (χ0) is 15.1. The molecule has 0 aromatic heterocycles. The number of nitrogens with zero attached hydrogens (tertiary/aromatic N) is 1. The van der Waals surface area contributed by atoms with Crippen LogP contribution in [0.1, 0.15) is 50.4 Å². The van der Waals surface area contributed by atoms with Crippen LogP contribution >= 0.6 is 0 Å². The molecule has 1 atom stereocenters. The van der Waals surface area contributed by atoms with Crippen molar-refractivity contribution in [1.29, 1.82) is 0 Å². The summed E-state index contributed by atoms with van der Waals surface area (Å²) < 4.78 is 5.29. The van der Waals surface area contributed by atoms with E-state index in [0.717, 1.165) is 25.8 Å². The minimum atomic E-state index is 0.0182. The van der Waals surface area contributed by atoms with Crippen molar-refractivity contribution in [3.63, 3.8) is 0 Å². The predicted molar refractivity (Wildman–Crippen MR) is 83.1 cm³/mol. The maximum Gasteiger partial charge on any atom is 0.257 e. The molecule has 0 aliphatic rings. The van der Waals surface area contributed by atoms with Crippen molar-refractivity contribution in [2.24, 2.45) is 0 Å². The number of hydrogen-bond acceptors (Lipinski definition) is 3. The number of carbonyl (C=O) groups is 1. The Bertz CT molecular complexity index is 446. The van der Waals surface area contributed by atoms with Gasteiger partial charge in [0.25, 0.3) is 5.91 Å². The highest BCUT2D eigenvalue weighted by atomic mass is 16.5. The van der Waals surface area contributed by atoms with E-state index in [9.17, 15) is 4.79 Å². The van der Waals surface area contributed by atoms with Gasteiger partial charge in [0.1, 0.15) is 5.75 Å². The Morgan fingerprint density at radius 3 is 2.65 bits per heavy atom. The molecule has 1 amide bonds. The van der Waals surface area contributed by atoms with Crippen LogP contribution in [0, 0.1) is 0 Å². The summed E-state index contributed by atoms with van der Waals surface area (Å²) >= 11 is 0. The summed E-state index contributed by atoms with van der Waals surface area (Å²) in [5.41, 5.74) is 6.92. The normalized spacial score (nSPS) is 12.0. The lowest BCUT2D eigenvalue weighted by Crippen LogP contribution is -2.39. The molecule has 1 unspecified atom stereocenters. The number of amides is 1. The monoisotopic (exact) mass is 278 g/mol. The second-order valence-electron chi connectivity index (χ2n) is 5.07. The number of ether oxygens (including phenoxy) is 1. The van der Waals surface area contributed by atoms with Crippen molar-refractivity contribution >= 4 is 11.6 Å². The fourth-order valence-electron chi connectivity index (χ4n) is 2.11. The first-order valence-electron chi connectivity index (χ1n) is 7.29. The summed E-state index contributed by atoms with van der Waals surface area (Å²) in [5.74, 6) is 0.560. The molecule has 1 aromatic rings. The van der Waals surface area contributed by atoms with Gasteiger partial charge in [-0.05, 0) is 31.9 Å². The number of anilines is 1. The van der Waals surface area contributed by atoms with E-state index in [4.69, 9.17) is 10.5 Å². The molecule has 0 radical (unpaired) electrons. The first-order chi connectivity index (χ1) is 9.54. The molecule has 0 saturated heterocycles. The van der Waals surface area contributed by atoms with Gasteiger partial charge in [-0.25, -0.2) is 0 Å². The fraction of sp³-hybridized carbons (Fsp3) is 0.562. The van der Waals surface area contributed by atoms with E-state index in [1.54, 1.807) is 25.3 Å². The van der Waals surface area contributed by atoms with Crippen LogP contribution in [-0.2, 0) is 0 Å². The smallest absolute Gasteiger partial charge is 0.257 e. The molecule has 2 N–H and O–H groups in total. The molecule has 0 saturated carbocycles. The molecule has 112 valence electrons. The molecular weight excluding hydrogens is 252 g/mol. The number of unbranched alkanes of at least 4 members (excludes halogenated alkanes) is 1. The largest absolute Gasteiger partial charge is 0.496 e. The van der Waals surface area contributed by atoms with Gasteiger partial charge < -0.3 is 15.4 Å². The highest BCUT2D eigenvalue weighted by Gasteiger charge is 2.22. The van der Waals surface area contributed by atoms with E-state index in [1.807, 2.05) is 4.90 Å². The van der Waals surface area contributed by atoms with Crippen molar-refractivity contribution in [3.8, 4) is 5.75 Å². The topological polar surface area (TPSA) is 55.6 Å². The Hall–Kier alpha value is -1.71. The maximum atomic E-state index is 12.7. The quantitative estimate of drug-likeness (QED) is 0.778. The van der Waals surface area contributed by atoms with Gasteiger partial charge in [0, 0.05) is 24.3 Å². The van der Waals surface area contributed by atoms with Crippen LogP contribution in [-0.4, -0.2) is 30.5 Å². The van der Waals surface area contributed by atoms with E-state index in [2.05, 4.69) is 20.8 Å². The summed E-state index contributed by atoms with van der Waals surface area (Å²) in [5, 5.41) is 0. The number of hydrogen-bond donors (Lipinski definition) is 1. The number of rotatable bonds is 7. The average Bonchev–Trinajstić information content (AvgIpc) is 2.46. The zero-order valence-corrected chi connectivity index (χ0v) is 13.0. The van der Waals surface area contributed by atoms with Crippen molar-refractivity contribution in [2.75, 3.05) is 19.4 Å². The lowest BCUT2D eigenvalue weighted by Gasteiger charge is -2.29. The molecule has 0 fully saturated rings.